The van der Waals surface area contributed by atoms with E-state index in [4.69, 9.17) is 9.47 Å². The van der Waals surface area contributed by atoms with E-state index in [1.54, 1.807) is 63.2 Å². The van der Waals surface area contributed by atoms with Crippen LogP contribution in [-0.4, -0.2) is 86.5 Å². The molecule has 2 unspecified atom stereocenters. The number of carbonyl (C=O) groups is 6. The number of pyridine rings is 1. The van der Waals surface area contributed by atoms with Crippen LogP contribution in [0.25, 0.3) is 10.9 Å². The molecule has 0 radical (unpaired) electrons. The van der Waals surface area contributed by atoms with Gasteiger partial charge in [-0.3, -0.25) is 19.2 Å². The van der Waals surface area contributed by atoms with Crippen LogP contribution in [0.4, 0.5) is 4.79 Å². The molecule has 5 atom stereocenters. The highest BCUT2D eigenvalue weighted by Gasteiger charge is 2.64. The zero-order valence-corrected chi connectivity index (χ0v) is 27.6. The summed E-state index contributed by atoms with van der Waals surface area (Å²) in [7, 11) is 0. The summed E-state index contributed by atoms with van der Waals surface area (Å²) in [5.74, 6) is -4.76. The second-order valence-electron chi connectivity index (χ2n) is 12.3. The number of carbonyl (C=O) groups excluding carboxylic acids is 5. The molecule has 0 bridgehead atoms. The maximum absolute atomic E-state index is 14.3. The number of aryl methyl sites for hydroxylation is 1. The van der Waals surface area contributed by atoms with Crippen LogP contribution in [0.5, 0.6) is 5.75 Å². The minimum Gasteiger partial charge on any atom is -0.480 e. The van der Waals surface area contributed by atoms with Crippen LogP contribution in [0.15, 0.2) is 54.6 Å². The number of amides is 3. The Balaban J connectivity index is 1.46. The molecule has 0 aliphatic carbocycles. The third-order valence-corrected chi connectivity index (χ3v) is 9.95. The average Bonchev–Trinajstić information content (AvgIpc) is 3.33. The maximum Gasteiger partial charge on any atom is 0.513 e. The number of carboxylic acid groups (broad SMARTS) is 1. The van der Waals surface area contributed by atoms with Crippen LogP contribution < -0.4 is 15.4 Å². The number of Topliss-reactive ketones (excluding diaryl/α,β-unsaturated/α-hetero) is 1. The van der Waals surface area contributed by atoms with Crippen LogP contribution in [0.1, 0.15) is 55.2 Å². The SMILES string of the molecule is CCc1cccc2c(OC(=O)OCC(C)CNC=O)cc(C(=O)C(C(=O)N[C@@H]3C(=O)N4[C@@H]3SC(C)(C)[C@@H]4C(=O)O)c3ccccc3)nc12. The summed E-state index contributed by atoms with van der Waals surface area (Å²) in [5.41, 5.74) is 1.36. The topological polar surface area (TPSA) is 181 Å². The maximum atomic E-state index is 14.3. The van der Waals surface area contributed by atoms with Crippen LogP contribution >= 0.6 is 11.8 Å². The molecule has 3 aromatic rings. The van der Waals surface area contributed by atoms with Crippen molar-refractivity contribution in [1.82, 2.24) is 20.5 Å². The van der Waals surface area contributed by atoms with Gasteiger partial charge in [0, 0.05) is 28.7 Å². The van der Waals surface area contributed by atoms with Crippen molar-refractivity contribution in [2.75, 3.05) is 13.2 Å². The van der Waals surface area contributed by atoms with E-state index in [1.165, 1.54) is 22.7 Å². The Kier molecular flexibility index (Phi) is 10.0. The lowest BCUT2D eigenvalue weighted by Gasteiger charge is -2.43. The number of thioether (sulfide) groups is 1. The van der Waals surface area contributed by atoms with Gasteiger partial charge >= 0.3 is 12.1 Å². The Morgan fingerprint density at radius 1 is 1.12 bits per heavy atom. The summed E-state index contributed by atoms with van der Waals surface area (Å²) < 4.78 is 10.0. The molecule has 48 heavy (non-hydrogen) atoms. The van der Waals surface area contributed by atoms with E-state index < -0.39 is 57.8 Å². The summed E-state index contributed by atoms with van der Waals surface area (Å²) in [6.07, 6.45) is 0.0674. The Labute approximate surface area is 280 Å². The van der Waals surface area contributed by atoms with Crippen molar-refractivity contribution in [3.8, 4) is 5.75 Å². The van der Waals surface area contributed by atoms with Crippen molar-refractivity contribution in [3.63, 3.8) is 0 Å². The summed E-state index contributed by atoms with van der Waals surface area (Å²) in [6.45, 7) is 7.40. The first kappa shape index (κ1) is 34.4. The van der Waals surface area contributed by atoms with Crippen LogP contribution in [0, 0.1) is 5.92 Å². The molecule has 2 fully saturated rings. The quantitative estimate of drug-likeness (QED) is 0.0795. The fourth-order valence-electron chi connectivity index (χ4n) is 6.01. The molecule has 5 rings (SSSR count). The van der Waals surface area contributed by atoms with Crippen LogP contribution in [-0.2, 0) is 30.3 Å². The van der Waals surface area contributed by atoms with E-state index in [0.29, 0.717) is 29.3 Å². The van der Waals surface area contributed by atoms with Crippen molar-refractivity contribution in [2.45, 2.75) is 62.2 Å². The summed E-state index contributed by atoms with van der Waals surface area (Å²) in [4.78, 5) is 82.6. The normalized spacial score (nSPS) is 20.5. The number of fused-ring (bicyclic) bond motifs is 2. The fourth-order valence-corrected chi connectivity index (χ4v) is 7.63. The zero-order valence-electron chi connectivity index (χ0n) is 26.8. The molecule has 3 amide bonds. The molecule has 0 saturated carbocycles. The molecule has 2 aliphatic heterocycles. The van der Waals surface area contributed by atoms with Gasteiger partial charge in [0.2, 0.25) is 18.2 Å². The molecule has 1 aromatic heterocycles. The van der Waals surface area contributed by atoms with Gasteiger partial charge in [0.1, 0.15) is 34.8 Å². The molecular formula is C34H36N4O9S. The lowest BCUT2D eigenvalue weighted by atomic mass is 9.90. The Morgan fingerprint density at radius 3 is 2.52 bits per heavy atom. The van der Waals surface area contributed by atoms with Gasteiger partial charge in [-0.25, -0.2) is 14.6 Å². The number of ketones is 1. The van der Waals surface area contributed by atoms with Crippen LogP contribution in [0.2, 0.25) is 0 Å². The monoisotopic (exact) mass is 676 g/mol. The van der Waals surface area contributed by atoms with Gasteiger partial charge in [-0.1, -0.05) is 56.3 Å². The average molecular weight is 677 g/mol. The number of aliphatic carboxylic acids is 1. The Bertz CT molecular complexity index is 1770. The summed E-state index contributed by atoms with van der Waals surface area (Å²) >= 11 is 1.28. The van der Waals surface area contributed by atoms with Crippen molar-refractivity contribution in [1.29, 1.82) is 0 Å². The Morgan fingerprint density at radius 2 is 1.85 bits per heavy atom. The van der Waals surface area contributed by atoms with Gasteiger partial charge in [0.15, 0.2) is 5.78 Å². The molecule has 3 N–H and O–H groups in total. The minimum atomic E-state index is -1.44. The predicted octanol–water partition coefficient (Wildman–Crippen LogP) is 3.29. The lowest BCUT2D eigenvalue weighted by molar-refractivity contribution is -0.161. The van der Waals surface area contributed by atoms with E-state index in [1.807, 2.05) is 13.0 Å². The van der Waals surface area contributed by atoms with E-state index >= 15 is 0 Å². The number of β-lactam (4-membered cyclic amide) rings is 1. The molecule has 2 aliphatic rings. The van der Waals surface area contributed by atoms with Gasteiger partial charge in [-0.2, -0.15) is 0 Å². The number of ether oxygens (including phenoxy) is 2. The van der Waals surface area contributed by atoms with Gasteiger partial charge in [0.25, 0.3) is 0 Å². The number of carboxylic acids is 1. The standard InChI is InChI=1S/C34H36N4O9S/c1-5-19-12-9-13-21-23(47-33(45)46-16-18(2)15-35-17-39)14-22(36-25(19)21)27(40)24(20-10-7-6-8-11-20)29(41)37-26-30(42)38-28(32(43)44)34(3,4)48-31(26)38/h6-14,17-18,24,26,28,31H,5,15-16H2,1-4H3,(H,35,39)(H,37,41)(H,43,44)/t18?,24?,26-,28+,31-/m1/s1. The van der Waals surface area contributed by atoms with Gasteiger partial charge in [0.05, 0.1) is 12.1 Å². The largest absolute Gasteiger partial charge is 0.513 e. The number of nitrogens with zero attached hydrogens (tertiary/aromatic N) is 2. The molecule has 0 spiro atoms. The second-order valence-corrected chi connectivity index (χ2v) is 14.0. The highest BCUT2D eigenvalue weighted by atomic mass is 32.2. The summed E-state index contributed by atoms with van der Waals surface area (Å²) in [5, 5.41) is 14.8. The van der Waals surface area contributed by atoms with Crippen LogP contribution in [0.3, 0.4) is 0 Å². The number of hydrogen-bond acceptors (Lipinski definition) is 10. The van der Waals surface area contributed by atoms with Crippen molar-refractivity contribution in [3.05, 3.63) is 71.4 Å². The Hall–Kier alpha value is -4.98. The first-order chi connectivity index (χ1) is 22.9. The molecule has 14 heteroatoms. The number of nitrogens with one attached hydrogen (secondary N) is 2. The minimum absolute atomic E-state index is 0.00338. The molecule has 252 valence electrons. The summed E-state index contributed by atoms with van der Waals surface area (Å²) in [6, 6.07) is 12.8. The lowest BCUT2D eigenvalue weighted by Crippen LogP contribution is -2.71. The van der Waals surface area contributed by atoms with E-state index in [2.05, 4.69) is 15.6 Å². The number of benzene rings is 2. The zero-order chi connectivity index (χ0) is 34.7. The third-order valence-electron chi connectivity index (χ3n) is 8.38. The third kappa shape index (κ3) is 6.70. The van der Waals surface area contributed by atoms with E-state index in [-0.39, 0.29) is 30.5 Å². The van der Waals surface area contributed by atoms with E-state index in [9.17, 15) is 33.9 Å². The van der Waals surface area contributed by atoms with Gasteiger partial charge < -0.3 is 30.1 Å². The second kappa shape index (κ2) is 14.0. The number of rotatable bonds is 13. The van der Waals surface area contributed by atoms with Gasteiger partial charge in [-0.15, -0.1) is 11.8 Å². The van der Waals surface area contributed by atoms with Crippen molar-refractivity contribution in [2.24, 2.45) is 5.92 Å². The first-order valence-electron chi connectivity index (χ1n) is 15.4. The number of para-hydroxylation sites is 1. The number of aromatic nitrogens is 1. The molecule has 3 heterocycles. The smallest absolute Gasteiger partial charge is 0.480 e. The number of hydrogen-bond donors (Lipinski definition) is 3. The highest BCUT2D eigenvalue weighted by molar-refractivity contribution is 8.01. The molecular weight excluding hydrogens is 640 g/mol. The molecule has 2 aromatic carbocycles. The van der Waals surface area contributed by atoms with Gasteiger partial charge in [-0.05, 0) is 37.5 Å². The highest BCUT2D eigenvalue weighted by Crippen LogP contribution is 2.51. The molecule has 13 nitrogen and oxygen atoms in total. The molecule has 2 saturated heterocycles. The fraction of sp³-hybridized carbons (Fsp3) is 0.382. The van der Waals surface area contributed by atoms with Crippen molar-refractivity contribution >= 4 is 58.8 Å². The van der Waals surface area contributed by atoms with Crippen molar-refractivity contribution < 1.29 is 43.3 Å². The van der Waals surface area contributed by atoms with E-state index in [0.717, 1.165) is 5.56 Å². The predicted molar refractivity (Wildman–Crippen MR) is 175 cm³/mol. The first-order valence-corrected chi connectivity index (χ1v) is 16.3.